The number of halogens is 1. The van der Waals surface area contributed by atoms with Crippen molar-refractivity contribution in [3.63, 3.8) is 0 Å². The summed E-state index contributed by atoms with van der Waals surface area (Å²) in [6.07, 6.45) is 3.29. The number of nitrogens with zero attached hydrogens (tertiary/aromatic N) is 3. The fourth-order valence-electron chi connectivity index (χ4n) is 1.87. The maximum absolute atomic E-state index is 5.91. The van der Waals surface area contributed by atoms with Gasteiger partial charge in [0.15, 0.2) is 0 Å². The molecule has 3 heterocycles. The van der Waals surface area contributed by atoms with Gasteiger partial charge in [-0.1, -0.05) is 35.6 Å². The van der Waals surface area contributed by atoms with E-state index in [4.69, 9.17) is 16.3 Å². The average molecular weight is 330 g/mol. The molecule has 0 radical (unpaired) electrons. The summed E-state index contributed by atoms with van der Waals surface area (Å²) in [4.78, 5) is 13.0. The van der Waals surface area contributed by atoms with E-state index in [1.807, 2.05) is 25.1 Å². The van der Waals surface area contributed by atoms with Gasteiger partial charge in [-0.3, -0.25) is 4.98 Å². The summed E-state index contributed by atoms with van der Waals surface area (Å²) in [5.41, 5.74) is 2.37. The van der Waals surface area contributed by atoms with Crippen molar-refractivity contribution in [2.45, 2.75) is 6.92 Å². The molecular weight excluding hydrogens is 318 g/mol. The number of hydrogen-bond donors (Lipinski definition) is 0. The highest BCUT2D eigenvalue weighted by Crippen LogP contribution is 2.38. The highest BCUT2D eigenvalue weighted by Gasteiger charge is 2.15. The van der Waals surface area contributed by atoms with Crippen molar-refractivity contribution < 1.29 is 4.74 Å². The molecule has 3 aromatic rings. The van der Waals surface area contributed by atoms with E-state index in [0.29, 0.717) is 21.7 Å². The Hall–Kier alpha value is -2.24. The molecule has 0 amide bonds. The molecule has 3 rings (SSSR count). The Morgan fingerprint density at radius 1 is 1.27 bits per heavy atom. The molecule has 0 saturated carbocycles. The zero-order valence-corrected chi connectivity index (χ0v) is 13.4. The predicted octanol–water partition coefficient (Wildman–Crippen LogP) is 5.00. The van der Waals surface area contributed by atoms with E-state index in [-0.39, 0.29) is 0 Å². The molecule has 0 aliphatic rings. The SMILES string of the molecule is C=Cc1nc(-c2cccc(C)n2)c(Oc2ccnc(Cl)c2)s1. The highest BCUT2D eigenvalue weighted by molar-refractivity contribution is 7.14. The number of ether oxygens (including phenoxy) is 1. The molecule has 6 heteroatoms. The zero-order chi connectivity index (χ0) is 15.5. The second-order valence-corrected chi connectivity index (χ2v) is 5.85. The summed E-state index contributed by atoms with van der Waals surface area (Å²) in [7, 11) is 0. The van der Waals surface area contributed by atoms with Gasteiger partial charge in [0.2, 0.25) is 5.06 Å². The van der Waals surface area contributed by atoms with Crippen molar-refractivity contribution in [3.05, 3.63) is 59.0 Å². The molecule has 22 heavy (non-hydrogen) atoms. The quantitative estimate of drug-likeness (QED) is 0.632. The summed E-state index contributed by atoms with van der Waals surface area (Å²) < 4.78 is 5.91. The third kappa shape index (κ3) is 3.16. The molecule has 0 unspecified atom stereocenters. The fraction of sp³-hybridized carbons (Fsp3) is 0.0625. The number of rotatable bonds is 4. The molecule has 0 atom stereocenters. The van der Waals surface area contributed by atoms with Crippen molar-refractivity contribution in [2.24, 2.45) is 0 Å². The highest BCUT2D eigenvalue weighted by atomic mass is 35.5. The van der Waals surface area contributed by atoms with Crippen LogP contribution < -0.4 is 4.74 Å². The Kier molecular flexibility index (Phi) is 4.18. The van der Waals surface area contributed by atoms with E-state index >= 15 is 0 Å². The van der Waals surface area contributed by atoms with Crippen molar-refractivity contribution in [1.29, 1.82) is 0 Å². The summed E-state index contributed by atoms with van der Waals surface area (Å²) in [6, 6.07) is 9.18. The van der Waals surface area contributed by atoms with E-state index in [1.54, 1.807) is 24.4 Å². The van der Waals surface area contributed by atoms with E-state index < -0.39 is 0 Å². The molecule has 0 aliphatic carbocycles. The molecule has 110 valence electrons. The van der Waals surface area contributed by atoms with Crippen LogP contribution in [0.1, 0.15) is 10.7 Å². The van der Waals surface area contributed by atoms with E-state index in [1.165, 1.54) is 11.3 Å². The van der Waals surface area contributed by atoms with Gasteiger partial charge in [-0.15, -0.1) is 0 Å². The molecule has 0 aromatic carbocycles. The zero-order valence-electron chi connectivity index (χ0n) is 11.8. The van der Waals surface area contributed by atoms with Crippen LogP contribution in [0.4, 0.5) is 0 Å². The van der Waals surface area contributed by atoms with Crippen LogP contribution in [0.2, 0.25) is 5.15 Å². The van der Waals surface area contributed by atoms with Crippen molar-refractivity contribution >= 4 is 29.0 Å². The second kappa shape index (κ2) is 6.25. The van der Waals surface area contributed by atoms with Gasteiger partial charge in [-0.2, -0.15) is 0 Å². The van der Waals surface area contributed by atoms with Crippen LogP contribution in [-0.4, -0.2) is 15.0 Å². The largest absolute Gasteiger partial charge is 0.444 e. The molecule has 0 N–H and O–H groups in total. The minimum Gasteiger partial charge on any atom is -0.444 e. The molecule has 0 fully saturated rings. The van der Waals surface area contributed by atoms with Gasteiger partial charge in [0.1, 0.15) is 21.6 Å². The first kappa shape index (κ1) is 14.7. The molecule has 0 saturated heterocycles. The average Bonchev–Trinajstić information content (AvgIpc) is 2.90. The van der Waals surface area contributed by atoms with Crippen LogP contribution in [0.25, 0.3) is 17.5 Å². The van der Waals surface area contributed by atoms with E-state index in [0.717, 1.165) is 16.4 Å². The van der Waals surface area contributed by atoms with E-state index in [2.05, 4.69) is 21.5 Å². The molecule has 0 spiro atoms. The summed E-state index contributed by atoms with van der Waals surface area (Å²) >= 11 is 7.30. The minimum atomic E-state index is 0.376. The van der Waals surface area contributed by atoms with Gasteiger partial charge in [0.25, 0.3) is 0 Å². The van der Waals surface area contributed by atoms with Gasteiger partial charge >= 0.3 is 0 Å². The van der Waals surface area contributed by atoms with Crippen LogP contribution in [-0.2, 0) is 0 Å². The minimum absolute atomic E-state index is 0.376. The maximum atomic E-state index is 5.91. The van der Waals surface area contributed by atoms with Gasteiger partial charge in [-0.25, -0.2) is 9.97 Å². The molecular formula is C16H12ClN3OS. The second-order valence-electron chi connectivity index (χ2n) is 4.47. The van der Waals surface area contributed by atoms with Crippen LogP contribution in [0.5, 0.6) is 10.8 Å². The van der Waals surface area contributed by atoms with E-state index in [9.17, 15) is 0 Å². The van der Waals surface area contributed by atoms with Gasteiger partial charge in [0, 0.05) is 18.0 Å². The van der Waals surface area contributed by atoms with Crippen molar-refractivity contribution in [1.82, 2.24) is 15.0 Å². The molecule has 3 aromatic heterocycles. The first-order valence-electron chi connectivity index (χ1n) is 6.52. The van der Waals surface area contributed by atoms with Crippen molar-refractivity contribution in [3.8, 4) is 22.2 Å². The smallest absolute Gasteiger partial charge is 0.210 e. The lowest BCUT2D eigenvalue weighted by Crippen LogP contribution is -1.90. The van der Waals surface area contributed by atoms with Crippen LogP contribution >= 0.6 is 22.9 Å². The lowest BCUT2D eigenvalue weighted by Gasteiger charge is -2.05. The molecule has 0 bridgehead atoms. The Morgan fingerprint density at radius 3 is 2.86 bits per heavy atom. The predicted molar refractivity (Wildman–Crippen MR) is 89.5 cm³/mol. The number of aromatic nitrogens is 3. The normalized spacial score (nSPS) is 10.5. The summed E-state index contributed by atoms with van der Waals surface area (Å²) in [5, 5.41) is 1.80. The Balaban J connectivity index is 2.03. The number of thiazole rings is 1. The van der Waals surface area contributed by atoms with Gasteiger partial charge < -0.3 is 4.74 Å². The first-order chi connectivity index (χ1) is 10.7. The Labute approximate surface area is 137 Å². The van der Waals surface area contributed by atoms with Gasteiger partial charge in [0.05, 0.1) is 5.69 Å². The standard InChI is InChI=1S/C16H12ClN3OS/c1-3-14-20-15(12-6-4-5-10(2)19-12)16(22-14)21-11-7-8-18-13(17)9-11/h3-9H,1H2,2H3. The van der Waals surface area contributed by atoms with Crippen LogP contribution in [0.3, 0.4) is 0 Å². The Bertz CT molecular complexity index is 832. The number of hydrogen-bond acceptors (Lipinski definition) is 5. The lowest BCUT2D eigenvalue weighted by molar-refractivity contribution is 0.496. The fourth-order valence-corrected chi connectivity index (χ4v) is 2.83. The van der Waals surface area contributed by atoms with Gasteiger partial charge in [-0.05, 0) is 31.2 Å². The third-order valence-electron chi connectivity index (χ3n) is 2.83. The monoisotopic (exact) mass is 329 g/mol. The van der Waals surface area contributed by atoms with Crippen LogP contribution in [0.15, 0.2) is 43.1 Å². The van der Waals surface area contributed by atoms with Crippen LogP contribution in [0, 0.1) is 6.92 Å². The van der Waals surface area contributed by atoms with Crippen molar-refractivity contribution in [2.75, 3.05) is 0 Å². The first-order valence-corrected chi connectivity index (χ1v) is 7.72. The molecule has 0 aliphatic heterocycles. The Morgan fingerprint density at radius 2 is 2.14 bits per heavy atom. The molecule has 4 nitrogen and oxygen atoms in total. The summed E-state index contributed by atoms with van der Waals surface area (Å²) in [6.45, 7) is 5.70. The third-order valence-corrected chi connectivity index (χ3v) is 3.96. The summed E-state index contributed by atoms with van der Waals surface area (Å²) in [5.74, 6) is 0.605. The number of pyridine rings is 2. The number of aryl methyl sites for hydroxylation is 1. The lowest BCUT2D eigenvalue weighted by atomic mass is 10.2. The maximum Gasteiger partial charge on any atom is 0.210 e. The topological polar surface area (TPSA) is 47.9 Å².